The van der Waals surface area contributed by atoms with Crippen molar-refractivity contribution in [1.82, 2.24) is 9.13 Å². The van der Waals surface area contributed by atoms with Crippen LogP contribution in [0.3, 0.4) is 0 Å². The third-order valence-electron chi connectivity index (χ3n) is 4.37. The molecule has 3 aromatic carbocycles. The summed E-state index contributed by atoms with van der Waals surface area (Å²) in [4.78, 5) is 13.2. The Morgan fingerprint density at radius 3 is 1.87 bits per heavy atom. The quantitative estimate of drug-likeness (QED) is 0.418. The Labute approximate surface area is 179 Å². The Hall–Kier alpha value is -3.78. The highest BCUT2D eigenvalue weighted by Gasteiger charge is 2.19. The van der Waals surface area contributed by atoms with E-state index in [2.05, 4.69) is 26.2 Å². The third-order valence-corrected chi connectivity index (χ3v) is 4.90. The molecule has 7 nitrogen and oxygen atoms in total. The van der Waals surface area contributed by atoms with Crippen LogP contribution in [0.5, 0.6) is 5.88 Å². The van der Waals surface area contributed by atoms with Crippen molar-refractivity contribution in [2.45, 2.75) is 0 Å². The van der Waals surface area contributed by atoms with E-state index in [1.54, 1.807) is 72.8 Å². The van der Waals surface area contributed by atoms with Gasteiger partial charge in [-0.15, -0.1) is 5.11 Å². The normalized spacial score (nSPS) is 11.1. The first-order valence-corrected chi connectivity index (χ1v) is 9.79. The van der Waals surface area contributed by atoms with Gasteiger partial charge in [-0.1, -0.05) is 52.3 Å². The Balaban J connectivity index is 1.99. The molecule has 0 atom stereocenters. The summed E-state index contributed by atoms with van der Waals surface area (Å²) >= 11 is 3.35. The van der Waals surface area contributed by atoms with Crippen LogP contribution in [0.15, 0.2) is 104 Å². The molecular formula is C22H16BrN5O2. The van der Waals surface area contributed by atoms with E-state index >= 15 is 0 Å². The van der Waals surface area contributed by atoms with Crippen LogP contribution in [0.1, 0.15) is 0 Å². The number of aromatic nitrogens is 2. The maximum absolute atomic E-state index is 13.2. The molecule has 148 valence electrons. The van der Waals surface area contributed by atoms with Crippen LogP contribution in [0.25, 0.3) is 11.4 Å². The number of hydrogen-bond acceptors (Lipinski definition) is 5. The molecule has 0 spiro atoms. The molecule has 8 heteroatoms. The molecule has 0 saturated carbocycles. The first kappa shape index (κ1) is 19.5. The lowest BCUT2D eigenvalue weighted by Gasteiger charge is -2.15. The molecule has 0 radical (unpaired) electrons. The van der Waals surface area contributed by atoms with Gasteiger partial charge in [-0.05, 0) is 48.5 Å². The van der Waals surface area contributed by atoms with Gasteiger partial charge in [0.1, 0.15) is 0 Å². The van der Waals surface area contributed by atoms with Gasteiger partial charge in [0.25, 0.3) is 5.56 Å². The minimum Gasteiger partial charge on any atom is -0.492 e. The lowest BCUT2D eigenvalue weighted by molar-refractivity contribution is 0.427. The lowest BCUT2D eigenvalue weighted by atomic mass is 10.3. The fraction of sp³-hybridized carbons (Fsp3) is 0. The average Bonchev–Trinajstić information content (AvgIpc) is 2.76. The van der Waals surface area contributed by atoms with Gasteiger partial charge in [-0.3, -0.25) is 10.2 Å². The monoisotopic (exact) mass is 461 g/mol. The lowest BCUT2D eigenvalue weighted by Crippen LogP contribution is -2.38. The Morgan fingerprint density at radius 2 is 1.30 bits per heavy atom. The second kappa shape index (κ2) is 8.30. The smallest absolute Gasteiger partial charge is 0.291 e. The number of nitrogens with one attached hydrogen (secondary N) is 1. The highest BCUT2D eigenvalue weighted by atomic mass is 79.9. The number of nitrogens with zero attached hydrogens (tertiary/aromatic N) is 4. The van der Waals surface area contributed by atoms with Crippen molar-refractivity contribution in [2.24, 2.45) is 10.2 Å². The van der Waals surface area contributed by atoms with Crippen molar-refractivity contribution in [3.05, 3.63) is 105 Å². The molecule has 1 aromatic heterocycles. The third kappa shape index (κ3) is 3.72. The first-order chi connectivity index (χ1) is 14.6. The molecule has 0 bridgehead atoms. The van der Waals surface area contributed by atoms with Gasteiger partial charge in [0.2, 0.25) is 17.2 Å². The molecule has 0 amide bonds. The fourth-order valence-electron chi connectivity index (χ4n) is 2.95. The summed E-state index contributed by atoms with van der Waals surface area (Å²) in [5, 5.41) is 27.6. The number of para-hydroxylation sites is 2. The van der Waals surface area contributed by atoms with E-state index in [0.717, 1.165) is 4.47 Å². The number of benzene rings is 3. The Morgan fingerprint density at radius 1 is 0.767 bits per heavy atom. The molecule has 0 fully saturated rings. The maximum atomic E-state index is 13.2. The fourth-order valence-corrected chi connectivity index (χ4v) is 3.21. The maximum Gasteiger partial charge on any atom is 0.291 e. The molecule has 0 unspecified atom stereocenters. The predicted octanol–water partition coefficient (Wildman–Crippen LogP) is 4.99. The van der Waals surface area contributed by atoms with Crippen molar-refractivity contribution in [3.63, 3.8) is 0 Å². The number of azo groups is 1. The zero-order chi connectivity index (χ0) is 21.1. The molecule has 0 aliphatic carbocycles. The van der Waals surface area contributed by atoms with Crippen LogP contribution < -0.4 is 11.2 Å². The number of rotatable bonds is 4. The van der Waals surface area contributed by atoms with E-state index in [1.165, 1.54) is 9.13 Å². The Kier molecular flexibility index (Phi) is 5.40. The highest BCUT2D eigenvalue weighted by Crippen LogP contribution is 2.26. The van der Waals surface area contributed by atoms with Crippen LogP contribution in [0, 0.1) is 5.41 Å². The summed E-state index contributed by atoms with van der Waals surface area (Å²) in [5.74, 6) is -0.454. The number of aromatic hydroxyl groups is 1. The summed E-state index contributed by atoms with van der Waals surface area (Å²) in [5.41, 5.74) is 0.405. The Bertz CT molecular complexity index is 1330. The molecule has 2 N–H and O–H groups in total. The molecule has 0 aliphatic heterocycles. The molecule has 4 aromatic rings. The minimum absolute atomic E-state index is 0.211. The van der Waals surface area contributed by atoms with Gasteiger partial charge in [-0.2, -0.15) is 5.11 Å². The minimum atomic E-state index is -0.642. The van der Waals surface area contributed by atoms with Crippen LogP contribution in [-0.2, 0) is 0 Å². The summed E-state index contributed by atoms with van der Waals surface area (Å²) in [6.07, 6.45) is 0. The van der Waals surface area contributed by atoms with Gasteiger partial charge >= 0.3 is 0 Å². The highest BCUT2D eigenvalue weighted by molar-refractivity contribution is 9.10. The van der Waals surface area contributed by atoms with Crippen molar-refractivity contribution < 1.29 is 5.11 Å². The molecule has 30 heavy (non-hydrogen) atoms. The molecule has 0 saturated heterocycles. The van der Waals surface area contributed by atoms with E-state index in [9.17, 15) is 9.90 Å². The van der Waals surface area contributed by atoms with Gasteiger partial charge in [0, 0.05) is 4.47 Å². The summed E-state index contributed by atoms with van der Waals surface area (Å²) < 4.78 is 3.32. The van der Waals surface area contributed by atoms with Gasteiger partial charge in [-0.25, -0.2) is 9.13 Å². The van der Waals surface area contributed by atoms with E-state index in [1.807, 2.05) is 12.1 Å². The van der Waals surface area contributed by atoms with Crippen LogP contribution in [-0.4, -0.2) is 14.2 Å². The van der Waals surface area contributed by atoms with E-state index in [0.29, 0.717) is 17.1 Å². The number of hydrogen-bond donors (Lipinski definition) is 2. The van der Waals surface area contributed by atoms with Crippen LogP contribution >= 0.6 is 15.9 Å². The molecular weight excluding hydrogens is 446 g/mol. The van der Waals surface area contributed by atoms with E-state index in [-0.39, 0.29) is 11.3 Å². The zero-order valence-electron chi connectivity index (χ0n) is 15.6. The zero-order valence-corrected chi connectivity index (χ0v) is 17.2. The van der Waals surface area contributed by atoms with Gasteiger partial charge in [0.15, 0.2) is 0 Å². The van der Waals surface area contributed by atoms with E-state index < -0.39 is 11.4 Å². The number of halogens is 1. The molecule has 0 aliphatic rings. The van der Waals surface area contributed by atoms with Crippen molar-refractivity contribution in [1.29, 1.82) is 5.41 Å². The van der Waals surface area contributed by atoms with Crippen LogP contribution in [0.2, 0.25) is 0 Å². The summed E-state index contributed by atoms with van der Waals surface area (Å²) in [6, 6.07) is 24.7. The largest absolute Gasteiger partial charge is 0.492 e. The van der Waals surface area contributed by atoms with Gasteiger partial charge < -0.3 is 5.11 Å². The SMILES string of the molecule is N=c1n(-c2ccccc2)c(O)c(N=Nc2ccc(Br)cc2)c(=O)n1-c1ccccc1. The molecule has 1 heterocycles. The topological polar surface area (TPSA) is 95.7 Å². The standard InChI is InChI=1S/C22H16BrN5O2/c23-15-11-13-16(14-12-15)25-26-19-20(29)27(17-7-3-1-4-8-17)22(24)28(21(19)30)18-9-5-2-6-10-18/h1-14,24,29H. The first-order valence-electron chi connectivity index (χ1n) is 9.00. The van der Waals surface area contributed by atoms with Crippen molar-refractivity contribution in [3.8, 4) is 17.3 Å². The second-order valence-corrected chi connectivity index (χ2v) is 7.23. The summed E-state index contributed by atoms with van der Waals surface area (Å²) in [7, 11) is 0. The van der Waals surface area contributed by atoms with E-state index in [4.69, 9.17) is 5.41 Å². The second-order valence-electron chi connectivity index (χ2n) is 6.32. The molecule has 4 rings (SSSR count). The predicted molar refractivity (Wildman–Crippen MR) is 117 cm³/mol. The van der Waals surface area contributed by atoms with Crippen molar-refractivity contribution >= 4 is 27.3 Å². The van der Waals surface area contributed by atoms with Crippen molar-refractivity contribution in [2.75, 3.05) is 0 Å². The van der Waals surface area contributed by atoms with Crippen LogP contribution in [0.4, 0.5) is 11.4 Å². The summed E-state index contributed by atoms with van der Waals surface area (Å²) in [6.45, 7) is 0. The van der Waals surface area contributed by atoms with Gasteiger partial charge in [0.05, 0.1) is 17.1 Å². The average molecular weight is 462 g/mol.